The highest BCUT2D eigenvalue weighted by atomic mass is 13.9. The zero-order valence-electron chi connectivity index (χ0n) is 6.19. The third kappa shape index (κ3) is 7.48. The number of rotatable bonds is 5. The molecule has 0 nitrogen and oxygen atoms in total. The summed E-state index contributed by atoms with van der Waals surface area (Å²) in [6.45, 7) is 5.59. The lowest BCUT2D eigenvalue weighted by Crippen LogP contribution is -1.70. The number of hydrogen-bond acceptors (Lipinski definition) is 0. The van der Waals surface area contributed by atoms with Gasteiger partial charge in [0, 0.05) is 0 Å². The first-order valence-corrected chi connectivity index (χ1v) is 3.53. The molecule has 0 aromatic rings. The van der Waals surface area contributed by atoms with E-state index in [4.69, 9.17) is 0 Å². The van der Waals surface area contributed by atoms with Crippen LogP contribution in [-0.2, 0) is 0 Å². The van der Waals surface area contributed by atoms with E-state index in [1.165, 1.54) is 19.3 Å². The Morgan fingerprint density at radius 2 is 2.22 bits per heavy atom. The molecule has 0 saturated carbocycles. The van der Waals surface area contributed by atoms with Gasteiger partial charge in [0.15, 0.2) is 0 Å². The van der Waals surface area contributed by atoms with Gasteiger partial charge in [-0.1, -0.05) is 24.8 Å². The van der Waals surface area contributed by atoms with Gasteiger partial charge in [-0.15, -0.1) is 0 Å². The number of allylic oxidation sites excluding steroid dienone is 3. The molecule has 0 saturated heterocycles. The molecule has 1 radical (unpaired) electrons. The second kappa shape index (κ2) is 7.48. The quantitative estimate of drug-likeness (QED) is 0.389. The molecule has 0 atom stereocenters. The average Bonchev–Trinajstić information content (AvgIpc) is 1.89. The second-order valence-electron chi connectivity index (χ2n) is 2.06. The maximum atomic E-state index is 3.54. The minimum atomic E-state index is 1.04. The summed E-state index contributed by atoms with van der Waals surface area (Å²) in [7, 11) is 0. The molecule has 0 heterocycles. The summed E-state index contributed by atoms with van der Waals surface area (Å²) in [6, 6.07) is 0. The first kappa shape index (κ1) is 8.48. The molecule has 0 aromatic carbocycles. The average molecular weight is 123 g/mol. The van der Waals surface area contributed by atoms with Crippen LogP contribution in [0.4, 0.5) is 0 Å². The molecule has 0 aliphatic heterocycles. The minimum absolute atomic E-state index is 1.04. The van der Waals surface area contributed by atoms with Crippen LogP contribution in [0, 0.1) is 6.08 Å². The monoisotopic (exact) mass is 123 g/mol. The van der Waals surface area contributed by atoms with E-state index < -0.39 is 0 Å². The van der Waals surface area contributed by atoms with E-state index in [1.807, 2.05) is 0 Å². The molecule has 9 heavy (non-hydrogen) atoms. The third-order valence-corrected chi connectivity index (χ3v) is 1.21. The van der Waals surface area contributed by atoms with E-state index >= 15 is 0 Å². The molecule has 0 heteroatoms. The van der Waals surface area contributed by atoms with Crippen molar-refractivity contribution in [1.29, 1.82) is 0 Å². The molecule has 0 aliphatic rings. The van der Waals surface area contributed by atoms with Gasteiger partial charge in [-0.3, -0.25) is 0 Å². The Bertz CT molecular complexity index is 80.0. The summed E-state index contributed by atoms with van der Waals surface area (Å²) in [5.41, 5.74) is 0. The molecule has 0 unspecified atom stereocenters. The van der Waals surface area contributed by atoms with Crippen molar-refractivity contribution in [3.8, 4) is 0 Å². The summed E-state index contributed by atoms with van der Waals surface area (Å²) in [6.07, 6.45) is 11.9. The molecule has 0 aliphatic carbocycles. The third-order valence-electron chi connectivity index (χ3n) is 1.21. The number of hydrogen-bond donors (Lipinski definition) is 0. The standard InChI is InChI=1S/C9H15/c1-3-5-7-9-8-6-4-2/h4,6H,1,5,7-9H2,2H3. The van der Waals surface area contributed by atoms with E-state index in [9.17, 15) is 0 Å². The lowest BCUT2D eigenvalue weighted by molar-refractivity contribution is 0.755. The maximum Gasteiger partial charge on any atom is -0.0282 e. The fraction of sp³-hybridized carbons (Fsp3) is 0.556. The summed E-state index contributed by atoms with van der Waals surface area (Å²) in [5, 5.41) is 0. The Kier molecular flexibility index (Phi) is 7.05. The summed E-state index contributed by atoms with van der Waals surface area (Å²) in [4.78, 5) is 0. The van der Waals surface area contributed by atoms with Crippen molar-refractivity contribution < 1.29 is 0 Å². The van der Waals surface area contributed by atoms with Crippen LogP contribution >= 0.6 is 0 Å². The molecule has 0 rings (SSSR count). The van der Waals surface area contributed by atoms with Gasteiger partial charge < -0.3 is 0 Å². The van der Waals surface area contributed by atoms with Gasteiger partial charge in [0.05, 0.1) is 0 Å². The van der Waals surface area contributed by atoms with E-state index in [-0.39, 0.29) is 0 Å². The lowest BCUT2D eigenvalue weighted by Gasteiger charge is -1.89. The van der Waals surface area contributed by atoms with Crippen LogP contribution in [0.2, 0.25) is 0 Å². The summed E-state index contributed by atoms with van der Waals surface area (Å²) in [5.74, 6) is 0. The van der Waals surface area contributed by atoms with Gasteiger partial charge in [-0.2, -0.15) is 0 Å². The molecule has 0 bridgehead atoms. The van der Waals surface area contributed by atoms with Crippen LogP contribution in [0.15, 0.2) is 18.7 Å². The van der Waals surface area contributed by atoms with Crippen LogP contribution in [0.5, 0.6) is 0 Å². The van der Waals surface area contributed by atoms with Crippen LogP contribution in [0.3, 0.4) is 0 Å². The normalized spacial score (nSPS) is 10.3. The van der Waals surface area contributed by atoms with Crippen molar-refractivity contribution in [2.24, 2.45) is 0 Å². The Balaban J connectivity index is 2.82. The second-order valence-corrected chi connectivity index (χ2v) is 2.06. The first-order valence-electron chi connectivity index (χ1n) is 3.53. The lowest BCUT2D eigenvalue weighted by atomic mass is 10.2. The zero-order valence-corrected chi connectivity index (χ0v) is 6.19. The number of unbranched alkanes of at least 4 members (excludes halogenated alkanes) is 3. The molecule has 0 amide bonds. The van der Waals surface area contributed by atoms with Gasteiger partial charge in [-0.25, -0.2) is 0 Å². The fourth-order valence-electron chi connectivity index (χ4n) is 0.679. The van der Waals surface area contributed by atoms with Crippen LogP contribution < -0.4 is 0 Å². The van der Waals surface area contributed by atoms with Crippen molar-refractivity contribution in [3.63, 3.8) is 0 Å². The molecule has 0 N–H and O–H groups in total. The smallest absolute Gasteiger partial charge is 0.0282 e. The molecule has 0 fully saturated rings. The van der Waals surface area contributed by atoms with E-state index in [2.05, 4.69) is 31.7 Å². The zero-order chi connectivity index (χ0) is 6.95. The van der Waals surface area contributed by atoms with Crippen molar-refractivity contribution >= 4 is 0 Å². The van der Waals surface area contributed by atoms with Crippen molar-refractivity contribution in [2.75, 3.05) is 0 Å². The molecular formula is C9H15. The van der Waals surface area contributed by atoms with E-state index in [0.29, 0.717) is 0 Å². The highest BCUT2D eigenvalue weighted by Gasteiger charge is 1.80. The van der Waals surface area contributed by atoms with Gasteiger partial charge in [0.2, 0.25) is 0 Å². The maximum absolute atomic E-state index is 3.54. The Labute approximate surface area is 58.3 Å². The predicted octanol–water partition coefficient (Wildman–Crippen LogP) is 3.11. The molecule has 0 spiro atoms. The molecular weight excluding hydrogens is 108 g/mol. The summed E-state index contributed by atoms with van der Waals surface area (Å²) >= 11 is 0. The largest absolute Gasteiger partial charge is 0.0956 e. The Morgan fingerprint density at radius 1 is 1.44 bits per heavy atom. The minimum Gasteiger partial charge on any atom is -0.0956 e. The van der Waals surface area contributed by atoms with Crippen molar-refractivity contribution in [1.82, 2.24) is 0 Å². The Hall–Kier alpha value is -0.520. The topological polar surface area (TPSA) is 0 Å². The van der Waals surface area contributed by atoms with Gasteiger partial charge in [-0.05, 0) is 32.6 Å². The molecule has 51 valence electrons. The summed E-state index contributed by atoms with van der Waals surface area (Å²) < 4.78 is 0. The predicted molar refractivity (Wildman–Crippen MR) is 42.2 cm³/mol. The Morgan fingerprint density at radius 3 is 2.78 bits per heavy atom. The van der Waals surface area contributed by atoms with Gasteiger partial charge >= 0.3 is 0 Å². The van der Waals surface area contributed by atoms with Crippen molar-refractivity contribution in [2.45, 2.75) is 32.6 Å². The van der Waals surface area contributed by atoms with Crippen LogP contribution in [-0.4, -0.2) is 0 Å². The highest BCUT2D eigenvalue weighted by molar-refractivity contribution is 4.76. The van der Waals surface area contributed by atoms with E-state index in [0.717, 1.165) is 6.42 Å². The van der Waals surface area contributed by atoms with Gasteiger partial charge in [0.1, 0.15) is 0 Å². The highest BCUT2D eigenvalue weighted by Crippen LogP contribution is 1.99. The van der Waals surface area contributed by atoms with E-state index in [1.54, 1.807) is 0 Å². The van der Waals surface area contributed by atoms with Crippen LogP contribution in [0.25, 0.3) is 0 Å². The van der Waals surface area contributed by atoms with Crippen LogP contribution in [0.1, 0.15) is 32.6 Å². The van der Waals surface area contributed by atoms with Crippen molar-refractivity contribution in [3.05, 3.63) is 24.8 Å². The fourth-order valence-corrected chi connectivity index (χ4v) is 0.679. The first-order chi connectivity index (χ1) is 4.41. The molecule has 0 aromatic heterocycles. The van der Waals surface area contributed by atoms with Gasteiger partial charge in [0.25, 0.3) is 0 Å². The SMILES string of the molecule is C=[C]CCCCC=CC.